The van der Waals surface area contributed by atoms with Crippen LogP contribution in [0.25, 0.3) is 11.0 Å². The molecule has 0 saturated carbocycles. The fourth-order valence-electron chi connectivity index (χ4n) is 2.88. The van der Waals surface area contributed by atoms with Crippen LogP contribution in [0.5, 0.6) is 5.75 Å². The van der Waals surface area contributed by atoms with Crippen LogP contribution in [0.4, 0.5) is 0 Å². The quantitative estimate of drug-likeness (QED) is 0.803. The van der Waals surface area contributed by atoms with E-state index in [9.17, 15) is 13.2 Å². The first kappa shape index (κ1) is 16.0. The van der Waals surface area contributed by atoms with Crippen molar-refractivity contribution in [3.05, 3.63) is 34.7 Å². The van der Waals surface area contributed by atoms with Gasteiger partial charge < -0.3 is 9.15 Å². The molecule has 0 unspecified atom stereocenters. The Kier molecular flexibility index (Phi) is 4.16. The van der Waals surface area contributed by atoms with Crippen molar-refractivity contribution in [2.45, 2.75) is 24.7 Å². The summed E-state index contributed by atoms with van der Waals surface area (Å²) in [7, 11) is -2.33. The van der Waals surface area contributed by atoms with E-state index in [2.05, 4.69) is 0 Å². The zero-order valence-corrected chi connectivity index (χ0v) is 13.9. The molecule has 0 amide bonds. The number of ether oxygens (including phenoxy) is 1. The van der Waals surface area contributed by atoms with Gasteiger partial charge in [-0.3, -0.25) is 0 Å². The van der Waals surface area contributed by atoms with Gasteiger partial charge in [0, 0.05) is 24.5 Å². The average Bonchev–Trinajstić information content (AvgIpc) is 2.53. The molecule has 7 heteroatoms. The molecule has 1 atom stereocenters. The summed E-state index contributed by atoms with van der Waals surface area (Å²) in [5, 5.41) is 0.550. The van der Waals surface area contributed by atoms with Crippen molar-refractivity contribution in [3.63, 3.8) is 0 Å². The van der Waals surface area contributed by atoms with E-state index in [1.54, 1.807) is 18.2 Å². The Morgan fingerprint density at radius 2 is 2.09 bits per heavy atom. The van der Waals surface area contributed by atoms with Crippen LogP contribution in [-0.4, -0.2) is 32.9 Å². The minimum Gasteiger partial charge on any atom is -0.497 e. The second-order valence-electron chi connectivity index (χ2n) is 5.91. The normalized spacial score (nSPS) is 19.8. The third-order valence-electron chi connectivity index (χ3n) is 4.15. The molecule has 1 aliphatic heterocycles. The molecule has 1 aromatic heterocycles. The summed E-state index contributed by atoms with van der Waals surface area (Å²) in [5.41, 5.74) is -0.538. The third kappa shape index (κ3) is 2.98. The number of nitrogens with zero attached hydrogens (tertiary/aromatic N) is 1. The highest BCUT2D eigenvalue weighted by atomic mass is 32.2. The summed E-state index contributed by atoms with van der Waals surface area (Å²) in [6.45, 7) is 2.88. The number of benzene rings is 1. The SMILES string of the molecule is COc1ccc2cc(S(=O)(=O)N3CCC[C@H](C)C3)c(=O)oc2c1. The van der Waals surface area contributed by atoms with E-state index in [1.807, 2.05) is 6.92 Å². The van der Waals surface area contributed by atoms with E-state index in [4.69, 9.17) is 9.15 Å². The molecule has 124 valence electrons. The van der Waals surface area contributed by atoms with Gasteiger partial charge in [0.05, 0.1) is 7.11 Å². The maximum atomic E-state index is 12.8. The Morgan fingerprint density at radius 1 is 1.30 bits per heavy atom. The Labute approximate surface area is 134 Å². The van der Waals surface area contributed by atoms with Gasteiger partial charge in [-0.1, -0.05) is 6.92 Å². The van der Waals surface area contributed by atoms with Crippen molar-refractivity contribution in [2.24, 2.45) is 5.92 Å². The number of sulfonamides is 1. The first-order valence-corrected chi connectivity index (χ1v) is 8.98. The number of rotatable bonds is 3. The van der Waals surface area contributed by atoms with E-state index < -0.39 is 15.6 Å². The van der Waals surface area contributed by atoms with Gasteiger partial charge in [-0.05, 0) is 37.0 Å². The minimum absolute atomic E-state index is 0.287. The lowest BCUT2D eigenvalue weighted by atomic mass is 10.0. The molecular formula is C16H19NO5S. The van der Waals surface area contributed by atoms with Gasteiger partial charge in [0.1, 0.15) is 11.3 Å². The van der Waals surface area contributed by atoms with Gasteiger partial charge in [-0.25, -0.2) is 13.2 Å². The van der Waals surface area contributed by atoms with Gasteiger partial charge >= 0.3 is 5.63 Å². The number of hydrogen-bond acceptors (Lipinski definition) is 5. The van der Waals surface area contributed by atoms with Crippen LogP contribution >= 0.6 is 0 Å². The monoisotopic (exact) mass is 337 g/mol. The second-order valence-corrected chi connectivity index (χ2v) is 7.82. The fourth-order valence-corrected chi connectivity index (χ4v) is 4.51. The number of piperidine rings is 1. The van der Waals surface area contributed by atoms with Crippen LogP contribution in [0.15, 0.2) is 38.4 Å². The third-order valence-corrected chi connectivity index (χ3v) is 6.00. The molecular weight excluding hydrogens is 318 g/mol. The molecule has 0 radical (unpaired) electrons. The summed E-state index contributed by atoms with van der Waals surface area (Å²) >= 11 is 0. The van der Waals surface area contributed by atoms with Crippen molar-refractivity contribution < 1.29 is 17.6 Å². The highest BCUT2D eigenvalue weighted by Gasteiger charge is 2.31. The van der Waals surface area contributed by atoms with Crippen molar-refractivity contribution in [2.75, 3.05) is 20.2 Å². The Bertz CT molecular complexity index is 887. The molecule has 0 N–H and O–H groups in total. The van der Waals surface area contributed by atoms with Crippen LogP contribution in [-0.2, 0) is 10.0 Å². The average molecular weight is 337 g/mol. The molecule has 0 spiro atoms. The molecule has 2 heterocycles. The standard InChI is InChI=1S/C16H19NO5S/c1-11-4-3-7-17(10-11)23(19,20)15-8-12-5-6-13(21-2)9-14(12)22-16(15)18/h5-6,8-9,11H,3-4,7,10H2,1-2H3/t11-/m0/s1. The lowest BCUT2D eigenvalue weighted by Gasteiger charge is -2.29. The Hall–Kier alpha value is -1.86. The maximum absolute atomic E-state index is 12.8. The Balaban J connectivity index is 2.08. The van der Waals surface area contributed by atoms with E-state index in [1.165, 1.54) is 17.5 Å². The molecule has 1 aliphatic rings. The van der Waals surface area contributed by atoms with Crippen LogP contribution in [0, 0.1) is 5.92 Å². The van der Waals surface area contributed by atoms with Crippen LogP contribution in [0.3, 0.4) is 0 Å². The largest absolute Gasteiger partial charge is 0.497 e. The van der Waals surface area contributed by atoms with Crippen LogP contribution in [0.1, 0.15) is 19.8 Å². The summed E-state index contributed by atoms with van der Waals surface area (Å²) in [6.07, 6.45) is 1.80. The van der Waals surface area contributed by atoms with Crippen molar-refractivity contribution in [1.29, 1.82) is 0 Å². The minimum atomic E-state index is -3.84. The topological polar surface area (TPSA) is 76.8 Å². The maximum Gasteiger partial charge on any atom is 0.356 e. The summed E-state index contributed by atoms with van der Waals surface area (Å²) < 4.78 is 37.2. The zero-order valence-electron chi connectivity index (χ0n) is 13.1. The zero-order chi connectivity index (χ0) is 16.6. The van der Waals surface area contributed by atoms with Gasteiger partial charge in [-0.2, -0.15) is 4.31 Å². The summed E-state index contributed by atoms with van der Waals surface area (Å²) in [6, 6.07) is 6.32. The summed E-state index contributed by atoms with van der Waals surface area (Å²) in [4.78, 5) is 11.9. The molecule has 0 bridgehead atoms. The molecule has 23 heavy (non-hydrogen) atoms. The van der Waals surface area contributed by atoms with Crippen molar-refractivity contribution >= 4 is 21.0 Å². The first-order chi connectivity index (χ1) is 10.9. The Morgan fingerprint density at radius 3 is 2.78 bits per heavy atom. The highest BCUT2D eigenvalue weighted by molar-refractivity contribution is 7.89. The predicted octanol–water partition coefficient (Wildman–Crippen LogP) is 2.22. The lowest BCUT2D eigenvalue weighted by Crippen LogP contribution is -2.40. The second kappa shape index (κ2) is 5.98. The van der Waals surface area contributed by atoms with E-state index in [0.717, 1.165) is 12.8 Å². The van der Waals surface area contributed by atoms with Gasteiger partial charge in [0.25, 0.3) is 0 Å². The van der Waals surface area contributed by atoms with Gasteiger partial charge in [0.15, 0.2) is 4.90 Å². The van der Waals surface area contributed by atoms with E-state index in [0.29, 0.717) is 29.8 Å². The molecule has 1 saturated heterocycles. The number of hydrogen-bond donors (Lipinski definition) is 0. The lowest BCUT2D eigenvalue weighted by molar-refractivity contribution is 0.280. The summed E-state index contributed by atoms with van der Waals surface area (Å²) in [5.74, 6) is 0.830. The molecule has 2 aromatic rings. The number of methoxy groups -OCH3 is 1. The molecule has 6 nitrogen and oxygen atoms in total. The smallest absolute Gasteiger partial charge is 0.356 e. The van der Waals surface area contributed by atoms with Crippen molar-refractivity contribution in [1.82, 2.24) is 4.31 Å². The highest BCUT2D eigenvalue weighted by Crippen LogP contribution is 2.25. The fraction of sp³-hybridized carbons (Fsp3) is 0.438. The van der Waals surface area contributed by atoms with Crippen LogP contribution < -0.4 is 10.4 Å². The van der Waals surface area contributed by atoms with Crippen molar-refractivity contribution in [3.8, 4) is 5.75 Å². The molecule has 1 aromatic carbocycles. The number of fused-ring (bicyclic) bond motifs is 1. The van der Waals surface area contributed by atoms with Crippen LogP contribution in [0.2, 0.25) is 0 Å². The van der Waals surface area contributed by atoms with E-state index in [-0.39, 0.29) is 10.8 Å². The first-order valence-electron chi connectivity index (χ1n) is 7.54. The molecule has 1 fully saturated rings. The van der Waals surface area contributed by atoms with E-state index >= 15 is 0 Å². The predicted molar refractivity (Wildman–Crippen MR) is 86.2 cm³/mol. The van der Waals surface area contributed by atoms with Gasteiger partial charge in [0.2, 0.25) is 10.0 Å². The molecule has 3 rings (SSSR count). The van der Waals surface area contributed by atoms with Gasteiger partial charge in [-0.15, -0.1) is 0 Å². The molecule has 0 aliphatic carbocycles.